The summed E-state index contributed by atoms with van der Waals surface area (Å²) in [6.07, 6.45) is 1.67. The number of aliphatic hydroxyl groups is 1. The van der Waals surface area contributed by atoms with Gasteiger partial charge in [-0.2, -0.15) is 0 Å². The Labute approximate surface area is 124 Å². The number of carbonyl (C=O) groups excluding carboxylic acids is 1. The Bertz CT molecular complexity index is 633. The van der Waals surface area contributed by atoms with Gasteiger partial charge in [0.05, 0.1) is 16.7 Å². The smallest absolute Gasteiger partial charge is 0.253 e. The van der Waals surface area contributed by atoms with Gasteiger partial charge >= 0.3 is 0 Å². The molecule has 1 amide bonds. The van der Waals surface area contributed by atoms with E-state index >= 15 is 0 Å². The summed E-state index contributed by atoms with van der Waals surface area (Å²) < 4.78 is 0. The van der Waals surface area contributed by atoms with E-state index in [1.54, 1.807) is 19.2 Å². The standard InChI is InChI=1S/C16H21N3O2/c1-16(21,11-19(2)3)10-18-15(20)13-8-4-6-12-7-5-9-17-14(12)13/h4-9,21H,10-11H2,1-3H3,(H,18,20). The van der Waals surface area contributed by atoms with Gasteiger partial charge in [0.1, 0.15) is 0 Å². The van der Waals surface area contributed by atoms with Gasteiger partial charge in [-0.25, -0.2) is 0 Å². The van der Waals surface area contributed by atoms with E-state index in [1.807, 2.05) is 43.3 Å². The second kappa shape index (κ2) is 6.20. The Balaban J connectivity index is 2.13. The molecular formula is C16H21N3O2. The zero-order valence-corrected chi connectivity index (χ0v) is 12.6. The molecule has 0 aliphatic carbocycles. The maximum Gasteiger partial charge on any atom is 0.253 e. The molecule has 0 saturated carbocycles. The van der Waals surface area contributed by atoms with Gasteiger partial charge in [0.2, 0.25) is 0 Å². The third kappa shape index (κ3) is 4.00. The highest BCUT2D eigenvalue weighted by molar-refractivity contribution is 6.05. The van der Waals surface area contributed by atoms with Crippen molar-refractivity contribution in [3.05, 3.63) is 42.1 Å². The summed E-state index contributed by atoms with van der Waals surface area (Å²) in [5.41, 5.74) is 0.218. The molecule has 0 radical (unpaired) electrons. The van der Waals surface area contributed by atoms with Crippen molar-refractivity contribution < 1.29 is 9.90 Å². The molecule has 2 aromatic rings. The Kier molecular flexibility index (Phi) is 4.55. The molecule has 112 valence electrons. The highest BCUT2D eigenvalue weighted by Gasteiger charge is 2.22. The number of hydrogen-bond acceptors (Lipinski definition) is 4. The number of para-hydroxylation sites is 1. The van der Waals surface area contributed by atoms with Crippen molar-refractivity contribution in [1.82, 2.24) is 15.2 Å². The first-order chi connectivity index (χ1) is 9.89. The van der Waals surface area contributed by atoms with E-state index in [1.165, 1.54) is 0 Å². The summed E-state index contributed by atoms with van der Waals surface area (Å²) in [7, 11) is 3.76. The molecule has 1 aromatic carbocycles. The summed E-state index contributed by atoms with van der Waals surface area (Å²) in [5, 5.41) is 13.9. The van der Waals surface area contributed by atoms with Crippen molar-refractivity contribution in [3.63, 3.8) is 0 Å². The van der Waals surface area contributed by atoms with E-state index < -0.39 is 5.60 Å². The van der Waals surface area contributed by atoms with Crippen LogP contribution >= 0.6 is 0 Å². The lowest BCUT2D eigenvalue weighted by Gasteiger charge is -2.27. The summed E-state index contributed by atoms with van der Waals surface area (Å²) in [6.45, 7) is 2.36. The minimum Gasteiger partial charge on any atom is -0.387 e. The zero-order valence-electron chi connectivity index (χ0n) is 12.6. The van der Waals surface area contributed by atoms with Crippen LogP contribution in [0.4, 0.5) is 0 Å². The van der Waals surface area contributed by atoms with Crippen molar-refractivity contribution in [2.75, 3.05) is 27.2 Å². The average Bonchev–Trinajstić information content (AvgIpc) is 2.43. The highest BCUT2D eigenvalue weighted by atomic mass is 16.3. The van der Waals surface area contributed by atoms with E-state index in [0.717, 1.165) is 5.39 Å². The number of carbonyl (C=O) groups is 1. The fraction of sp³-hybridized carbons (Fsp3) is 0.375. The quantitative estimate of drug-likeness (QED) is 0.869. The number of fused-ring (bicyclic) bond motifs is 1. The van der Waals surface area contributed by atoms with Gasteiger partial charge < -0.3 is 15.3 Å². The molecule has 2 rings (SSSR count). The predicted octanol–water partition coefficient (Wildman–Crippen LogP) is 1.28. The van der Waals surface area contributed by atoms with E-state index in [2.05, 4.69) is 10.3 Å². The molecule has 1 aromatic heterocycles. The number of likely N-dealkylation sites (N-methyl/N-ethyl adjacent to an activating group) is 1. The van der Waals surface area contributed by atoms with Crippen LogP contribution in [0.3, 0.4) is 0 Å². The minimum absolute atomic E-state index is 0.188. The van der Waals surface area contributed by atoms with Crippen molar-refractivity contribution in [2.45, 2.75) is 12.5 Å². The highest BCUT2D eigenvalue weighted by Crippen LogP contribution is 2.16. The Morgan fingerprint density at radius 3 is 2.76 bits per heavy atom. The van der Waals surface area contributed by atoms with Crippen LogP contribution in [-0.2, 0) is 0 Å². The number of pyridine rings is 1. The molecule has 0 fully saturated rings. The van der Waals surface area contributed by atoms with Gasteiger partial charge in [-0.1, -0.05) is 18.2 Å². The second-order valence-electron chi connectivity index (χ2n) is 5.80. The van der Waals surface area contributed by atoms with Crippen LogP contribution < -0.4 is 5.32 Å². The van der Waals surface area contributed by atoms with Crippen molar-refractivity contribution in [1.29, 1.82) is 0 Å². The van der Waals surface area contributed by atoms with Crippen LogP contribution in [0.2, 0.25) is 0 Å². The molecule has 21 heavy (non-hydrogen) atoms. The normalized spacial score (nSPS) is 14.1. The number of amides is 1. The maximum atomic E-state index is 12.3. The van der Waals surface area contributed by atoms with E-state index in [4.69, 9.17) is 0 Å². The molecule has 0 aliphatic heterocycles. The molecule has 2 N–H and O–H groups in total. The van der Waals surface area contributed by atoms with Gasteiger partial charge in [0.25, 0.3) is 5.91 Å². The zero-order chi connectivity index (χ0) is 15.5. The molecule has 0 bridgehead atoms. The number of hydrogen-bond donors (Lipinski definition) is 2. The average molecular weight is 287 g/mol. The van der Waals surface area contributed by atoms with Crippen LogP contribution in [0.5, 0.6) is 0 Å². The fourth-order valence-electron chi connectivity index (χ4n) is 2.39. The molecule has 0 aliphatic rings. The number of rotatable bonds is 5. The maximum absolute atomic E-state index is 12.3. The molecular weight excluding hydrogens is 266 g/mol. The number of nitrogens with one attached hydrogen (secondary N) is 1. The lowest BCUT2D eigenvalue weighted by molar-refractivity contribution is 0.0326. The van der Waals surface area contributed by atoms with Crippen molar-refractivity contribution >= 4 is 16.8 Å². The van der Waals surface area contributed by atoms with E-state index in [0.29, 0.717) is 17.6 Å². The first-order valence-electron chi connectivity index (χ1n) is 6.88. The Morgan fingerprint density at radius 1 is 1.33 bits per heavy atom. The molecule has 1 heterocycles. The van der Waals surface area contributed by atoms with Crippen LogP contribution in [0.15, 0.2) is 36.5 Å². The second-order valence-corrected chi connectivity index (χ2v) is 5.80. The molecule has 5 heteroatoms. The lowest BCUT2D eigenvalue weighted by atomic mass is 10.1. The van der Waals surface area contributed by atoms with Crippen LogP contribution in [-0.4, -0.2) is 53.7 Å². The lowest BCUT2D eigenvalue weighted by Crippen LogP contribution is -2.47. The summed E-state index contributed by atoms with van der Waals surface area (Å²) in [6, 6.07) is 9.25. The minimum atomic E-state index is -0.975. The third-order valence-corrected chi connectivity index (χ3v) is 3.16. The van der Waals surface area contributed by atoms with Crippen molar-refractivity contribution in [3.8, 4) is 0 Å². The van der Waals surface area contributed by atoms with E-state index in [-0.39, 0.29) is 12.5 Å². The number of aromatic nitrogens is 1. The molecule has 0 spiro atoms. The largest absolute Gasteiger partial charge is 0.387 e. The van der Waals surface area contributed by atoms with Crippen LogP contribution in [0, 0.1) is 0 Å². The fourth-order valence-corrected chi connectivity index (χ4v) is 2.39. The predicted molar refractivity (Wildman–Crippen MR) is 83.3 cm³/mol. The molecule has 0 saturated heterocycles. The van der Waals surface area contributed by atoms with Gasteiger partial charge in [-0.3, -0.25) is 9.78 Å². The van der Waals surface area contributed by atoms with Gasteiger partial charge in [-0.15, -0.1) is 0 Å². The first-order valence-corrected chi connectivity index (χ1v) is 6.88. The molecule has 1 atom stereocenters. The van der Waals surface area contributed by atoms with E-state index in [9.17, 15) is 9.90 Å². The third-order valence-electron chi connectivity index (χ3n) is 3.16. The van der Waals surface area contributed by atoms with Crippen molar-refractivity contribution in [2.24, 2.45) is 0 Å². The number of nitrogens with zero attached hydrogens (tertiary/aromatic N) is 2. The topological polar surface area (TPSA) is 65.5 Å². The Morgan fingerprint density at radius 2 is 2.05 bits per heavy atom. The SMILES string of the molecule is CN(C)CC(C)(O)CNC(=O)c1cccc2cccnc12. The van der Waals surface area contributed by atoms with Gasteiger partial charge in [-0.05, 0) is 33.2 Å². The van der Waals surface area contributed by atoms with Gasteiger partial charge in [0, 0.05) is 24.7 Å². The number of benzene rings is 1. The van der Waals surface area contributed by atoms with Crippen LogP contribution in [0.1, 0.15) is 17.3 Å². The molecule has 5 nitrogen and oxygen atoms in total. The summed E-state index contributed by atoms with van der Waals surface area (Å²) >= 11 is 0. The summed E-state index contributed by atoms with van der Waals surface area (Å²) in [5.74, 6) is -0.224. The monoisotopic (exact) mass is 287 g/mol. The molecule has 1 unspecified atom stereocenters. The summed E-state index contributed by atoms with van der Waals surface area (Å²) in [4.78, 5) is 18.5. The van der Waals surface area contributed by atoms with Gasteiger partial charge in [0.15, 0.2) is 0 Å². The first kappa shape index (κ1) is 15.4. The Hall–Kier alpha value is -1.98. The van der Waals surface area contributed by atoms with Crippen LogP contribution in [0.25, 0.3) is 10.9 Å².